The van der Waals surface area contributed by atoms with Crippen molar-refractivity contribution in [1.29, 1.82) is 0 Å². The van der Waals surface area contributed by atoms with Gasteiger partial charge < -0.3 is 19.3 Å². The second-order valence-corrected chi connectivity index (χ2v) is 6.45. The Morgan fingerprint density at radius 2 is 1.85 bits per heavy atom. The van der Waals surface area contributed by atoms with E-state index in [1.54, 1.807) is 12.4 Å². The number of carbonyl (C=O) groups is 1. The summed E-state index contributed by atoms with van der Waals surface area (Å²) >= 11 is 0. The highest BCUT2D eigenvalue weighted by Gasteiger charge is 2.27. The summed E-state index contributed by atoms with van der Waals surface area (Å²) < 4.78 is 11.1. The molecule has 7 heteroatoms. The summed E-state index contributed by atoms with van der Waals surface area (Å²) in [6.45, 7) is 1.25. The summed E-state index contributed by atoms with van der Waals surface area (Å²) in [6, 6.07) is 7.65. The van der Waals surface area contributed by atoms with Crippen LogP contribution in [0.4, 0.5) is 5.69 Å². The fourth-order valence-electron chi connectivity index (χ4n) is 2.99. The normalized spacial score (nSPS) is 16.9. The van der Waals surface area contributed by atoms with E-state index in [2.05, 4.69) is 9.97 Å². The molecule has 138 valence electrons. The van der Waals surface area contributed by atoms with Crippen molar-refractivity contribution in [3.8, 4) is 11.8 Å². The van der Waals surface area contributed by atoms with Gasteiger partial charge in [0, 0.05) is 44.3 Å². The first kappa shape index (κ1) is 18.0. The van der Waals surface area contributed by atoms with Crippen molar-refractivity contribution >= 4 is 11.6 Å². The van der Waals surface area contributed by atoms with Crippen molar-refractivity contribution in [2.24, 2.45) is 0 Å². The van der Waals surface area contributed by atoms with Gasteiger partial charge in [-0.2, -0.15) is 0 Å². The number of nitrogens with zero attached hydrogens (tertiary/aromatic N) is 4. The lowest BCUT2D eigenvalue weighted by atomic mass is 10.1. The quantitative estimate of drug-likeness (QED) is 0.818. The Bertz CT molecular complexity index is 749. The van der Waals surface area contributed by atoms with Crippen molar-refractivity contribution in [2.45, 2.75) is 18.9 Å². The summed E-state index contributed by atoms with van der Waals surface area (Å²) in [6.07, 6.45) is 4.74. The van der Waals surface area contributed by atoms with Gasteiger partial charge in [0.2, 0.25) is 0 Å². The van der Waals surface area contributed by atoms with E-state index in [4.69, 9.17) is 9.47 Å². The number of amides is 1. The van der Waals surface area contributed by atoms with Gasteiger partial charge in [-0.1, -0.05) is 0 Å². The van der Waals surface area contributed by atoms with Gasteiger partial charge in [0.15, 0.2) is 0 Å². The molecule has 3 rings (SSSR count). The Balaban J connectivity index is 1.66. The van der Waals surface area contributed by atoms with Crippen LogP contribution in [-0.4, -0.2) is 61.2 Å². The zero-order valence-corrected chi connectivity index (χ0v) is 15.4. The minimum Gasteiger partial charge on any atom is -0.477 e. The number of anilines is 1. The third-order valence-corrected chi connectivity index (χ3v) is 4.40. The van der Waals surface area contributed by atoms with Crippen LogP contribution < -0.4 is 14.4 Å². The zero-order valence-electron chi connectivity index (χ0n) is 15.4. The molecule has 7 nitrogen and oxygen atoms in total. The molecular weight excluding hydrogens is 332 g/mol. The van der Waals surface area contributed by atoms with Crippen molar-refractivity contribution in [3.63, 3.8) is 0 Å². The van der Waals surface area contributed by atoms with Crippen LogP contribution in [0.5, 0.6) is 11.8 Å². The highest BCUT2D eigenvalue weighted by molar-refractivity contribution is 5.94. The van der Waals surface area contributed by atoms with Crippen LogP contribution in [0.1, 0.15) is 23.2 Å². The Hall–Kier alpha value is -2.83. The van der Waals surface area contributed by atoms with Crippen LogP contribution in [0, 0.1) is 0 Å². The van der Waals surface area contributed by atoms with E-state index < -0.39 is 0 Å². The second-order valence-electron chi connectivity index (χ2n) is 6.45. The zero-order chi connectivity index (χ0) is 18.5. The maximum absolute atomic E-state index is 12.8. The molecule has 0 bridgehead atoms. The molecule has 1 aliphatic rings. The van der Waals surface area contributed by atoms with Gasteiger partial charge in [0.25, 0.3) is 17.7 Å². The monoisotopic (exact) mass is 356 g/mol. The highest BCUT2D eigenvalue weighted by Crippen LogP contribution is 2.24. The molecule has 1 aromatic carbocycles. The summed E-state index contributed by atoms with van der Waals surface area (Å²) in [5.41, 5.74) is 1.75. The fraction of sp³-hybridized carbons (Fsp3) is 0.421. The van der Waals surface area contributed by atoms with E-state index in [1.165, 1.54) is 7.11 Å². The first-order valence-electron chi connectivity index (χ1n) is 8.67. The van der Waals surface area contributed by atoms with Gasteiger partial charge in [0.05, 0.1) is 13.7 Å². The largest absolute Gasteiger partial charge is 0.477 e. The average Bonchev–Trinajstić information content (AvgIpc) is 2.68. The Morgan fingerprint density at radius 3 is 2.50 bits per heavy atom. The first-order valence-corrected chi connectivity index (χ1v) is 8.67. The molecule has 1 atom stereocenters. The lowest BCUT2D eigenvalue weighted by Crippen LogP contribution is -2.44. The van der Waals surface area contributed by atoms with Crippen LogP contribution in [0.3, 0.4) is 0 Å². The van der Waals surface area contributed by atoms with Crippen LogP contribution in [-0.2, 0) is 0 Å². The summed E-state index contributed by atoms with van der Waals surface area (Å²) in [5, 5.41) is 0. The van der Waals surface area contributed by atoms with Crippen molar-refractivity contribution in [1.82, 2.24) is 14.9 Å². The number of methoxy groups -OCH3 is 1. The topological polar surface area (TPSA) is 67.8 Å². The Kier molecular flexibility index (Phi) is 5.55. The minimum absolute atomic E-state index is 0.0229. The van der Waals surface area contributed by atoms with Crippen LogP contribution >= 0.6 is 0 Å². The highest BCUT2D eigenvalue weighted by atomic mass is 16.5. The van der Waals surface area contributed by atoms with Gasteiger partial charge in [0.1, 0.15) is 6.10 Å². The molecule has 1 amide bonds. The standard InChI is InChI=1S/C19H24N4O3/c1-22(2)15-8-6-14(7-9-15)19(24)23-12-4-5-16(13-23)26-18-17(25-3)20-10-11-21-18/h6-11,16H,4-5,12-13H2,1-3H3. The van der Waals surface area contributed by atoms with E-state index in [-0.39, 0.29) is 12.0 Å². The van der Waals surface area contributed by atoms with Gasteiger partial charge in [-0.15, -0.1) is 0 Å². The molecule has 1 unspecified atom stereocenters. The Labute approximate surface area is 153 Å². The van der Waals surface area contributed by atoms with Crippen LogP contribution in [0.15, 0.2) is 36.7 Å². The maximum atomic E-state index is 12.8. The number of aromatic nitrogens is 2. The second kappa shape index (κ2) is 8.03. The lowest BCUT2D eigenvalue weighted by molar-refractivity contribution is 0.0519. The summed E-state index contributed by atoms with van der Waals surface area (Å²) in [5.74, 6) is 0.745. The molecule has 0 saturated carbocycles. The van der Waals surface area contributed by atoms with Gasteiger partial charge in [-0.05, 0) is 37.1 Å². The van der Waals surface area contributed by atoms with Crippen molar-refractivity contribution in [3.05, 3.63) is 42.2 Å². The third kappa shape index (κ3) is 4.04. The number of carbonyl (C=O) groups excluding carboxylic acids is 1. The third-order valence-electron chi connectivity index (χ3n) is 4.40. The van der Waals surface area contributed by atoms with Gasteiger partial charge in [-0.25, -0.2) is 9.97 Å². The molecule has 0 N–H and O–H groups in total. The summed E-state index contributed by atoms with van der Waals surface area (Å²) in [4.78, 5) is 24.9. The SMILES string of the molecule is COc1nccnc1OC1CCCN(C(=O)c2ccc(N(C)C)cc2)C1. The summed E-state index contributed by atoms with van der Waals surface area (Å²) in [7, 11) is 5.49. The van der Waals surface area contributed by atoms with Gasteiger partial charge in [-0.3, -0.25) is 4.79 Å². The molecule has 2 aromatic rings. The average molecular weight is 356 g/mol. The van der Waals surface area contributed by atoms with Crippen molar-refractivity contribution < 1.29 is 14.3 Å². The van der Waals surface area contributed by atoms with Crippen LogP contribution in [0.2, 0.25) is 0 Å². The number of ether oxygens (including phenoxy) is 2. The Morgan fingerprint density at radius 1 is 1.15 bits per heavy atom. The number of hydrogen-bond acceptors (Lipinski definition) is 6. The lowest BCUT2D eigenvalue weighted by Gasteiger charge is -2.32. The molecule has 1 saturated heterocycles. The van der Waals surface area contributed by atoms with E-state index >= 15 is 0 Å². The van der Waals surface area contributed by atoms with Gasteiger partial charge >= 0.3 is 0 Å². The number of hydrogen-bond donors (Lipinski definition) is 0. The fourth-order valence-corrected chi connectivity index (χ4v) is 2.99. The molecular formula is C19H24N4O3. The first-order chi connectivity index (χ1) is 12.6. The molecule has 2 heterocycles. The molecule has 0 spiro atoms. The predicted octanol–water partition coefficient (Wildman–Crippen LogP) is 2.23. The molecule has 0 aliphatic carbocycles. The minimum atomic E-state index is -0.126. The predicted molar refractivity (Wildman–Crippen MR) is 98.9 cm³/mol. The van der Waals surface area contributed by atoms with E-state index in [9.17, 15) is 4.79 Å². The van der Waals surface area contributed by atoms with E-state index in [0.717, 1.165) is 25.1 Å². The van der Waals surface area contributed by atoms with E-state index in [1.807, 2.05) is 48.2 Å². The molecule has 26 heavy (non-hydrogen) atoms. The number of rotatable bonds is 5. The maximum Gasteiger partial charge on any atom is 0.278 e. The van der Waals surface area contributed by atoms with Crippen molar-refractivity contribution in [2.75, 3.05) is 39.2 Å². The molecule has 1 aliphatic heterocycles. The smallest absolute Gasteiger partial charge is 0.278 e. The number of likely N-dealkylation sites (tertiary alicyclic amines) is 1. The van der Waals surface area contributed by atoms with Crippen LogP contribution in [0.25, 0.3) is 0 Å². The number of piperidine rings is 1. The molecule has 1 fully saturated rings. The molecule has 1 aromatic heterocycles. The number of benzene rings is 1. The molecule has 0 radical (unpaired) electrons. The van der Waals surface area contributed by atoms with E-state index in [0.29, 0.717) is 23.9 Å².